The maximum absolute atomic E-state index is 13.4. The minimum atomic E-state index is -4.56. The zero-order chi connectivity index (χ0) is 27.1. The van der Waals surface area contributed by atoms with Gasteiger partial charge in [0.25, 0.3) is 5.91 Å². The third-order valence-corrected chi connectivity index (χ3v) is 6.21. The SMILES string of the molecule is COc1ccc(C(=O)NCc2nnc(SCC(=O)Nc3ccccc3)n2-c2cccc(C(F)(F)F)c2)cc1. The molecule has 0 aliphatic carbocycles. The number of methoxy groups -OCH3 is 1. The quantitative estimate of drug-likeness (QED) is 0.291. The number of para-hydroxylation sites is 1. The van der Waals surface area contributed by atoms with E-state index in [1.54, 1.807) is 48.5 Å². The minimum absolute atomic E-state index is 0.0653. The van der Waals surface area contributed by atoms with E-state index in [0.29, 0.717) is 17.0 Å². The van der Waals surface area contributed by atoms with E-state index in [9.17, 15) is 22.8 Å². The topological polar surface area (TPSA) is 98.1 Å². The van der Waals surface area contributed by atoms with Crippen LogP contribution in [-0.4, -0.2) is 39.4 Å². The second kappa shape index (κ2) is 11.8. The molecule has 8 nitrogen and oxygen atoms in total. The van der Waals surface area contributed by atoms with Gasteiger partial charge in [-0.25, -0.2) is 0 Å². The van der Waals surface area contributed by atoms with Gasteiger partial charge in [0.2, 0.25) is 5.91 Å². The Morgan fingerprint density at radius 1 is 0.974 bits per heavy atom. The Bertz CT molecular complexity index is 1410. The van der Waals surface area contributed by atoms with Gasteiger partial charge in [0.15, 0.2) is 11.0 Å². The molecule has 0 saturated carbocycles. The zero-order valence-electron chi connectivity index (χ0n) is 20.0. The van der Waals surface area contributed by atoms with Crippen LogP contribution in [-0.2, 0) is 17.5 Å². The van der Waals surface area contributed by atoms with Gasteiger partial charge in [-0.1, -0.05) is 36.0 Å². The van der Waals surface area contributed by atoms with Crippen molar-refractivity contribution in [2.45, 2.75) is 17.9 Å². The largest absolute Gasteiger partial charge is 0.497 e. The number of hydrogen-bond donors (Lipinski definition) is 2. The lowest BCUT2D eigenvalue weighted by Gasteiger charge is -2.13. The van der Waals surface area contributed by atoms with Gasteiger partial charge >= 0.3 is 6.18 Å². The summed E-state index contributed by atoms with van der Waals surface area (Å²) in [4.78, 5) is 25.1. The van der Waals surface area contributed by atoms with Gasteiger partial charge in [0, 0.05) is 11.3 Å². The fourth-order valence-electron chi connectivity index (χ4n) is 3.44. The molecule has 38 heavy (non-hydrogen) atoms. The molecule has 12 heteroatoms. The van der Waals surface area contributed by atoms with Crippen molar-refractivity contribution < 1.29 is 27.5 Å². The highest BCUT2D eigenvalue weighted by atomic mass is 32.2. The van der Waals surface area contributed by atoms with Crippen LogP contribution in [0.25, 0.3) is 5.69 Å². The fraction of sp³-hybridized carbons (Fsp3) is 0.154. The number of hydrogen-bond acceptors (Lipinski definition) is 6. The number of ether oxygens (including phenoxy) is 1. The van der Waals surface area contributed by atoms with Gasteiger partial charge < -0.3 is 15.4 Å². The zero-order valence-corrected chi connectivity index (χ0v) is 20.8. The average Bonchev–Trinajstić information content (AvgIpc) is 3.33. The molecule has 2 amide bonds. The standard InChI is InChI=1S/C26H22F3N5O3S/c1-37-21-12-10-17(11-13-21)24(36)30-15-22-32-33-25(38-16-23(35)31-19-7-3-2-4-8-19)34(22)20-9-5-6-18(14-20)26(27,28)29/h2-14H,15-16H2,1H3,(H,30,36)(H,31,35). The number of anilines is 1. The van der Waals surface area contributed by atoms with Gasteiger partial charge in [-0.3, -0.25) is 14.2 Å². The van der Waals surface area contributed by atoms with E-state index >= 15 is 0 Å². The number of amides is 2. The molecule has 4 aromatic rings. The highest BCUT2D eigenvalue weighted by Crippen LogP contribution is 2.31. The van der Waals surface area contributed by atoms with Gasteiger partial charge in [0.05, 0.1) is 30.7 Å². The molecule has 2 N–H and O–H groups in total. The maximum Gasteiger partial charge on any atom is 0.416 e. The highest BCUT2D eigenvalue weighted by molar-refractivity contribution is 7.99. The number of aromatic nitrogens is 3. The first-order valence-electron chi connectivity index (χ1n) is 11.3. The van der Waals surface area contributed by atoms with Gasteiger partial charge in [0.1, 0.15) is 5.75 Å². The third kappa shape index (κ3) is 6.71. The molecule has 0 saturated heterocycles. The van der Waals surface area contributed by atoms with Crippen LogP contribution in [0.15, 0.2) is 84.0 Å². The van der Waals surface area contributed by atoms with E-state index in [1.165, 1.54) is 23.8 Å². The molecule has 3 aromatic carbocycles. The van der Waals surface area contributed by atoms with Crippen LogP contribution in [0.5, 0.6) is 5.75 Å². The molecule has 0 aliphatic rings. The third-order valence-electron chi connectivity index (χ3n) is 5.28. The maximum atomic E-state index is 13.4. The van der Waals surface area contributed by atoms with Crippen molar-refractivity contribution in [1.29, 1.82) is 0 Å². The lowest BCUT2D eigenvalue weighted by Crippen LogP contribution is -2.24. The smallest absolute Gasteiger partial charge is 0.416 e. The lowest BCUT2D eigenvalue weighted by molar-refractivity contribution is -0.137. The molecule has 0 spiro atoms. The molecule has 1 heterocycles. The monoisotopic (exact) mass is 541 g/mol. The summed E-state index contributed by atoms with van der Waals surface area (Å²) in [6.45, 7) is -0.120. The van der Waals surface area contributed by atoms with Crippen molar-refractivity contribution in [1.82, 2.24) is 20.1 Å². The first-order valence-corrected chi connectivity index (χ1v) is 12.2. The molecule has 0 atom stereocenters. The lowest BCUT2D eigenvalue weighted by atomic mass is 10.2. The Balaban J connectivity index is 1.56. The van der Waals surface area contributed by atoms with Crippen molar-refractivity contribution in [2.24, 2.45) is 0 Å². The number of alkyl halides is 3. The molecule has 0 radical (unpaired) electrons. The first-order chi connectivity index (χ1) is 18.2. The number of halogens is 3. The number of rotatable bonds is 9. The van der Waals surface area contributed by atoms with Crippen molar-refractivity contribution in [2.75, 3.05) is 18.2 Å². The number of carbonyl (C=O) groups is 2. The molecule has 0 unspecified atom stereocenters. The molecule has 0 bridgehead atoms. The van der Waals surface area contributed by atoms with Crippen molar-refractivity contribution in [3.05, 3.63) is 95.8 Å². The van der Waals surface area contributed by atoms with E-state index in [0.717, 1.165) is 23.9 Å². The minimum Gasteiger partial charge on any atom is -0.497 e. The molecule has 0 fully saturated rings. The second-order valence-corrected chi connectivity index (χ2v) is 8.84. The number of carbonyl (C=O) groups excluding carboxylic acids is 2. The summed E-state index contributed by atoms with van der Waals surface area (Å²) in [7, 11) is 1.51. The summed E-state index contributed by atoms with van der Waals surface area (Å²) >= 11 is 1.01. The Kier molecular flexibility index (Phi) is 8.31. The predicted octanol–water partition coefficient (Wildman–Crippen LogP) is 4.96. The van der Waals surface area contributed by atoms with Crippen LogP contribution in [0.2, 0.25) is 0 Å². The molecule has 0 aliphatic heterocycles. The van der Waals surface area contributed by atoms with Crippen LogP contribution in [0, 0.1) is 0 Å². The summed E-state index contributed by atoms with van der Waals surface area (Å²) in [6, 6.07) is 19.9. The molecule has 196 valence electrons. The van der Waals surface area contributed by atoms with E-state index in [1.807, 2.05) is 6.07 Å². The van der Waals surface area contributed by atoms with E-state index in [2.05, 4.69) is 20.8 Å². The Hall–Kier alpha value is -4.32. The number of nitrogens with zero attached hydrogens (tertiary/aromatic N) is 3. The number of thioether (sulfide) groups is 1. The normalized spacial score (nSPS) is 11.2. The van der Waals surface area contributed by atoms with Crippen molar-refractivity contribution in [3.8, 4) is 11.4 Å². The number of benzene rings is 3. The molecular weight excluding hydrogens is 519 g/mol. The predicted molar refractivity (Wildman–Crippen MR) is 136 cm³/mol. The second-order valence-electron chi connectivity index (χ2n) is 7.90. The van der Waals surface area contributed by atoms with Gasteiger partial charge in [-0.2, -0.15) is 13.2 Å². The van der Waals surface area contributed by atoms with Crippen LogP contribution >= 0.6 is 11.8 Å². The molecular formula is C26H22F3N5O3S. The van der Waals surface area contributed by atoms with Crippen LogP contribution in [0.1, 0.15) is 21.7 Å². The first kappa shape index (κ1) is 26.7. The Labute approximate surface area is 220 Å². The summed E-state index contributed by atoms with van der Waals surface area (Å²) < 4.78 is 46.7. The van der Waals surface area contributed by atoms with Gasteiger partial charge in [-0.15, -0.1) is 10.2 Å². The average molecular weight is 542 g/mol. The van der Waals surface area contributed by atoms with Crippen LogP contribution in [0.4, 0.5) is 18.9 Å². The van der Waals surface area contributed by atoms with Crippen molar-refractivity contribution in [3.63, 3.8) is 0 Å². The summed E-state index contributed by atoms with van der Waals surface area (Å²) in [5, 5.41) is 13.8. The van der Waals surface area contributed by atoms with Crippen LogP contribution in [0.3, 0.4) is 0 Å². The Morgan fingerprint density at radius 2 is 1.71 bits per heavy atom. The highest BCUT2D eigenvalue weighted by Gasteiger charge is 2.31. The van der Waals surface area contributed by atoms with E-state index < -0.39 is 17.6 Å². The Morgan fingerprint density at radius 3 is 2.39 bits per heavy atom. The van der Waals surface area contributed by atoms with Crippen molar-refractivity contribution >= 4 is 29.3 Å². The fourth-order valence-corrected chi connectivity index (χ4v) is 4.21. The summed E-state index contributed by atoms with van der Waals surface area (Å²) in [5.74, 6) is -0.0257. The molecule has 1 aromatic heterocycles. The number of nitrogens with one attached hydrogen (secondary N) is 2. The molecule has 4 rings (SSSR count). The summed E-state index contributed by atoms with van der Waals surface area (Å²) in [5.41, 5.74) is 0.265. The summed E-state index contributed by atoms with van der Waals surface area (Å²) in [6.07, 6.45) is -4.56. The van der Waals surface area contributed by atoms with E-state index in [-0.39, 0.29) is 34.9 Å². The van der Waals surface area contributed by atoms with Crippen LogP contribution < -0.4 is 15.4 Å². The van der Waals surface area contributed by atoms with Gasteiger partial charge in [-0.05, 0) is 54.6 Å². The van der Waals surface area contributed by atoms with E-state index in [4.69, 9.17) is 4.74 Å².